The highest BCUT2D eigenvalue weighted by Gasteiger charge is 2.22. The van der Waals surface area contributed by atoms with Crippen LogP contribution >= 0.6 is 15.9 Å². The number of quaternary nitrogens is 1. The van der Waals surface area contributed by atoms with Crippen LogP contribution in [0.5, 0.6) is 0 Å². The van der Waals surface area contributed by atoms with Gasteiger partial charge in [-0.3, -0.25) is 0 Å². The average Bonchev–Trinajstić information content (AvgIpc) is 2.36. The summed E-state index contributed by atoms with van der Waals surface area (Å²) in [6, 6.07) is 8.76. The maximum Gasteiger partial charge on any atom is 0.105 e. The van der Waals surface area contributed by atoms with Gasteiger partial charge in [-0.2, -0.15) is 0 Å². The molecule has 0 aromatic heterocycles. The lowest BCUT2D eigenvalue weighted by Gasteiger charge is -2.36. The average molecular weight is 365 g/mol. The Hall–Kier alpha value is 0.140. The molecule has 0 bridgehead atoms. The summed E-state index contributed by atoms with van der Waals surface area (Å²) in [4.78, 5) is 0. The van der Waals surface area contributed by atoms with Crippen molar-refractivity contribution in [1.82, 2.24) is 0 Å². The van der Waals surface area contributed by atoms with E-state index in [1.165, 1.54) is 35.2 Å². The summed E-state index contributed by atoms with van der Waals surface area (Å²) in [5.74, 6) is 0. The van der Waals surface area contributed by atoms with Gasteiger partial charge in [0.05, 0.1) is 19.6 Å². The van der Waals surface area contributed by atoms with E-state index in [1.807, 2.05) is 0 Å². The maximum absolute atomic E-state index is 3.57. The van der Waals surface area contributed by atoms with Crippen LogP contribution in [0, 0.1) is 0 Å². The first-order chi connectivity index (χ1) is 7.71. The lowest BCUT2D eigenvalue weighted by atomic mass is 10.1. The van der Waals surface area contributed by atoms with Crippen LogP contribution in [0.25, 0.3) is 0 Å². The van der Waals surface area contributed by atoms with Crippen LogP contribution in [0.3, 0.4) is 0 Å². The Kier molecular flexibility index (Phi) is 8.35. The summed E-state index contributed by atoms with van der Waals surface area (Å²) in [5, 5.41) is 0.959. The van der Waals surface area contributed by atoms with Crippen molar-refractivity contribution < 1.29 is 21.5 Å². The van der Waals surface area contributed by atoms with Crippen molar-refractivity contribution in [2.45, 2.75) is 32.6 Å². The fraction of sp³-hybridized carbons (Fsp3) is 0.571. The van der Waals surface area contributed by atoms with Crippen LogP contribution in [0.4, 0.5) is 0 Å². The number of alkyl halides is 1. The molecule has 17 heavy (non-hydrogen) atoms. The van der Waals surface area contributed by atoms with Gasteiger partial charge in [0.1, 0.15) is 6.54 Å². The zero-order valence-electron chi connectivity index (χ0n) is 11.0. The molecule has 1 rings (SSSR count). The number of hydrogen-bond donors (Lipinski definition) is 0. The van der Waals surface area contributed by atoms with E-state index in [4.69, 9.17) is 0 Å². The molecule has 3 heteroatoms. The van der Waals surface area contributed by atoms with Gasteiger partial charge in [0.25, 0.3) is 0 Å². The quantitative estimate of drug-likeness (QED) is 0.521. The van der Waals surface area contributed by atoms with Crippen molar-refractivity contribution >= 4 is 15.9 Å². The van der Waals surface area contributed by atoms with Crippen LogP contribution < -0.4 is 17.0 Å². The fourth-order valence-electron chi connectivity index (χ4n) is 2.21. The van der Waals surface area contributed by atoms with Gasteiger partial charge in [-0.1, -0.05) is 40.2 Å². The first-order valence-corrected chi connectivity index (χ1v) is 7.31. The van der Waals surface area contributed by atoms with Gasteiger partial charge in [-0.05, 0) is 26.3 Å². The third kappa shape index (κ3) is 4.38. The topological polar surface area (TPSA) is 0 Å². The van der Waals surface area contributed by atoms with E-state index >= 15 is 0 Å². The second kappa shape index (κ2) is 8.28. The van der Waals surface area contributed by atoms with Crippen LogP contribution in [0.2, 0.25) is 0 Å². The summed E-state index contributed by atoms with van der Waals surface area (Å²) < 4.78 is 1.18. The van der Waals surface area contributed by atoms with Crippen molar-refractivity contribution in [3.8, 4) is 0 Å². The van der Waals surface area contributed by atoms with Crippen molar-refractivity contribution in [2.75, 3.05) is 19.6 Å². The first kappa shape index (κ1) is 17.1. The summed E-state index contributed by atoms with van der Waals surface area (Å²) in [6.07, 6.45) is 0. The van der Waals surface area contributed by atoms with E-state index in [1.54, 1.807) is 0 Å². The Balaban J connectivity index is 0.00000256. The van der Waals surface area contributed by atoms with Gasteiger partial charge in [0, 0.05) is 10.9 Å². The molecule has 1 nitrogen and oxygen atoms in total. The fourth-order valence-corrected chi connectivity index (χ4v) is 2.76. The minimum absolute atomic E-state index is 0. The van der Waals surface area contributed by atoms with E-state index in [9.17, 15) is 0 Å². The molecule has 0 unspecified atom stereocenters. The van der Waals surface area contributed by atoms with Gasteiger partial charge in [-0.25, -0.2) is 0 Å². The second-order valence-electron chi connectivity index (χ2n) is 4.35. The Labute approximate surface area is 125 Å². The van der Waals surface area contributed by atoms with E-state index < -0.39 is 0 Å². The molecule has 0 spiro atoms. The largest absolute Gasteiger partial charge is 1.00 e. The zero-order valence-corrected chi connectivity index (χ0v) is 14.2. The lowest BCUT2D eigenvalue weighted by molar-refractivity contribution is -0.936. The number of halogens is 2. The van der Waals surface area contributed by atoms with E-state index in [-0.39, 0.29) is 17.0 Å². The zero-order chi connectivity index (χ0) is 12.0. The van der Waals surface area contributed by atoms with Crippen molar-refractivity contribution in [1.29, 1.82) is 0 Å². The minimum Gasteiger partial charge on any atom is -1.00 e. The van der Waals surface area contributed by atoms with Crippen LogP contribution in [0.1, 0.15) is 31.9 Å². The molecular formula is C14H23Br2N. The molecule has 0 amide bonds. The molecule has 0 saturated carbocycles. The van der Waals surface area contributed by atoms with E-state index in [2.05, 4.69) is 61.0 Å². The third-order valence-corrected chi connectivity index (χ3v) is 4.38. The summed E-state index contributed by atoms with van der Waals surface area (Å²) in [6.45, 7) is 11.7. The predicted molar refractivity (Wildman–Crippen MR) is 74.7 cm³/mol. The van der Waals surface area contributed by atoms with Gasteiger partial charge < -0.3 is 21.5 Å². The van der Waals surface area contributed by atoms with Crippen molar-refractivity contribution in [3.63, 3.8) is 0 Å². The lowest BCUT2D eigenvalue weighted by Crippen LogP contribution is -3.00. The van der Waals surface area contributed by atoms with Gasteiger partial charge >= 0.3 is 0 Å². The monoisotopic (exact) mass is 363 g/mol. The standard InChI is InChI=1S/C14H23BrN.BrH/c1-4-16(5-2,6-3)12-14-10-8-7-9-13(14)11-15;/h7-10H,4-6,11-12H2,1-3H3;1H/q+1;/p-1. The first-order valence-electron chi connectivity index (χ1n) is 6.19. The summed E-state index contributed by atoms with van der Waals surface area (Å²) >= 11 is 3.57. The molecule has 0 N–H and O–H groups in total. The number of hydrogen-bond acceptors (Lipinski definition) is 0. The van der Waals surface area contributed by atoms with E-state index in [0.29, 0.717) is 0 Å². The Bertz CT molecular complexity index is 313. The molecule has 98 valence electrons. The molecule has 0 aliphatic heterocycles. The SMILES string of the molecule is CC[N+](CC)(CC)Cc1ccccc1CBr.[Br-]. The Morgan fingerprint density at radius 3 is 1.82 bits per heavy atom. The molecule has 0 atom stereocenters. The number of rotatable bonds is 6. The Morgan fingerprint density at radius 1 is 0.941 bits per heavy atom. The number of benzene rings is 1. The molecule has 0 radical (unpaired) electrons. The van der Waals surface area contributed by atoms with Crippen molar-refractivity contribution in [3.05, 3.63) is 35.4 Å². The highest BCUT2D eigenvalue weighted by atomic mass is 79.9. The summed E-state index contributed by atoms with van der Waals surface area (Å²) in [5.41, 5.74) is 2.92. The Morgan fingerprint density at radius 2 is 1.41 bits per heavy atom. The smallest absolute Gasteiger partial charge is 0.105 e. The molecule has 1 aromatic carbocycles. The van der Waals surface area contributed by atoms with Gasteiger partial charge in [0.15, 0.2) is 0 Å². The summed E-state index contributed by atoms with van der Waals surface area (Å²) in [7, 11) is 0. The van der Waals surface area contributed by atoms with Crippen molar-refractivity contribution in [2.24, 2.45) is 0 Å². The van der Waals surface area contributed by atoms with Gasteiger partial charge in [-0.15, -0.1) is 0 Å². The molecule has 0 heterocycles. The molecule has 0 saturated heterocycles. The van der Waals surface area contributed by atoms with Gasteiger partial charge in [0.2, 0.25) is 0 Å². The van der Waals surface area contributed by atoms with Crippen LogP contribution in [-0.2, 0) is 11.9 Å². The molecule has 1 aromatic rings. The van der Waals surface area contributed by atoms with Crippen LogP contribution in [0.15, 0.2) is 24.3 Å². The number of nitrogens with zero attached hydrogens (tertiary/aromatic N) is 1. The molecule has 0 aliphatic carbocycles. The predicted octanol–water partition coefficient (Wildman–Crippen LogP) is 0.962. The highest BCUT2D eigenvalue weighted by molar-refractivity contribution is 9.08. The maximum atomic E-state index is 3.57. The molecular weight excluding hydrogens is 342 g/mol. The normalized spacial score (nSPS) is 11.1. The highest BCUT2D eigenvalue weighted by Crippen LogP contribution is 2.19. The minimum atomic E-state index is 0. The molecule has 0 aliphatic rings. The van der Waals surface area contributed by atoms with E-state index in [0.717, 1.165) is 11.9 Å². The molecule has 0 fully saturated rings. The van der Waals surface area contributed by atoms with Crippen LogP contribution in [-0.4, -0.2) is 24.1 Å². The second-order valence-corrected chi connectivity index (χ2v) is 4.91. The third-order valence-electron chi connectivity index (χ3n) is 3.78.